The maximum atomic E-state index is 12.2. The number of hydrogen-bond donors (Lipinski definition) is 3. The standard InChI is InChI=1S/C16H22N4O.2ClH/c17-10-11-4-3-5-12(11)16(21)18-9-8-15-19-13-6-1-2-7-14(13)20-15;;/h1-2,6-7,11-12H,3-5,8-10,17H2,(H,18,21)(H,19,20);2*1H/t11-,12-;;/m1../s1. The van der Waals surface area contributed by atoms with Crippen molar-refractivity contribution < 1.29 is 4.79 Å². The second-order valence-corrected chi connectivity index (χ2v) is 5.77. The number of H-pyrrole nitrogens is 1. The maximum Gasteiger partial charge on any atom is 0.223 e. The number of benzene rings is 1. The van der Waals surface area contributed by atoms with Gasteiger partial charge in [0.2, 0.25) is 5.91 Å². The van der Waals surface area contributed by atoms with E-state index in [1.54, 1.807) is 0 Å². The fourth-order valence-corrected chi connectivity index (χ4v) is 3.22. The molecule has 2 aromatic rings. The lowest BCUT2D eigenvalue weighted by Crippen LogP contribution is -2.36. The van der Waals surface area contributed by atoms with Crippen LogP contribution in [0.3, 0.4) is 0 Å². The molecule has 1 amide bonds. The van der Waals surface area contributed by atoms with E-state index < -0.39 is 0 Å². The van der Waals surface area contributed by atoms with Crippen molar-refractivity contribution in [1.82, 2.24) is 15.3 Å². The fourth-order valence-electron chi connectivity index (χ4n) is 3.22. The van der Waals surface area contributed by atoms with Crippen LogP contribution in [-0.2, 0) is 11.2 Å². The SMILES string of the molecule is Cl.Cl.NC[C@H]1CCC[C@H]1C(=O)NCCc1nc2ccccc2[nH]1. The van der Waals surface area contributed by atoms with Crippen LogP contribution < -0.4 is 11.1 Å². The summed E-state index contributed by atoms with van der Waals surface area (Å²) in [5.41, 5.74) is 7.74. The van der Waals surface area contributed by atoms with E-state index >= 15 is 0 Å². The second-order valence-electron chi connectivity index (χ2n) is 5.77. The van der Waals surface area contributed by atoms with E-state index in [1.165, 1.54) is 0 Å². The lowest BCUT2D eigenvalue weighted by Gasteiger charge is -2.17. The van der Waals surface area contributed by atoms with Crippen molar-refractivity contribution in [3.8, 4) is 0 Å². The number of para-hydroxylation sites is 2. The number of rotatable bonds is 5. The summed E-state index contributed by atoms with van der Waals surface area (Å²) >= 11 is 0. The summed E-state index contributed by atoms with van der Waals surface area (Å²) in [6.45, 7) is 1.23. The van der Waals surface area contributed by atoms with Gasteiger partial charge in [0.15, 0.2) is 0 Å². The molecular formula is C16H24Cl2N4O. The minimum atomic E-state index is 0. The maximum absolute atomic E-state index is 12.2. The summed E-state index contributed by atoms with van der Waals surface area (Å²) in [6, 6.07) is 7.95. The minimum Gasteiger partial charge on any atom is -0.355 e. The number of amides is 1. The highest BCUT2D eigenvalue weighted by atomic mass is 35.5. The van der Waals surface area contributed by atoms with Gasteiger partial charge in [-0.2, -0.15) is 0 Å². The highest BCUT2D eigenvalue weighted by Gasteiger charge is 2.31. The number of carbonyl (C=O) groups is 1. The Hall–Kier alpha value is -1.30. The largest absolute Gasteiger partial charge is 0.355 e. The fraction of sp³-hybridized carbons (Fsp3) is 0.500. The van der Waals surface area contributed by atoms with Gasteiger partial charge in [0.25, 0.3) is 0 Å². The number of hydrogen-bond acceptors (Lipinski definition) is 3. The van der Waals surface area contributed by atoms with Gasteiger partial charge in [0.1, 0.15) is 5.82 Å². The molecule has 128 valence electrons. The van der Waals surface area contributed by atoms with Crippen LogP contribution >= 0.6 is 24.8 Å². The van der Waals surface area contributed by atoms with Crippen LogP contribution in [0.25, 0.3) is 11.0 Å². The van der Waals surface area contributed by atoms with Gasteiger partial charge in [-0.05, 0) is 37.4 Å². The van der Waals surface area contributed by atoms with Gasteiger partial charge >= 0.3 is 0 Å². The van der Waals surface area contributed by atoms with Crippen LogP contribution in [0.1, 0.15) is 25.1 Å². The van der Waals surface area contributed by atoms with Gasteiger partial charge < -0.3 is 16.0 Å². The molecule has 23 heavy (non-hydrogen) atoms. The van der Waals surface area contributed by atoms with Gasteiger partial charge in [-0.3, -0.25) is 4.79 Å². The molecule has 1 heterocycles. The molecule has 2 atom stereocenters. The number of aromatic amines is 1. The Morgan fingerprint density at radius 2 is 2.09 bits per heavy atom. The summed E-state index contributed by atoms with van der Waals surface area (Å²) in [5, 5.41) is 3.03. The molecule has 0 aliphatic heterocycles. The van der Waals surface area contributed by atoms with Crippen LogP contribution in [0, 0.1) is 11.8 Å². The van der Waals surface area contributed by atoms with Gasteiger partial charge in [-0.15, -0.1) is 24.8 Å². The number of halogens is 2. The first kappa shape index (κ1) is 19.7. The van der Waals surface area contributed by atoms with E-state index in [4.69, 9.17) is 5.73 Å². The minimum absolute atomic E-state index is 0. The number of carbonyl (C=O) groups excluding carboxylic acids is 1. The lowest BCUT2D eigenvalue weighted by molar-refractivity contribution is -0.125. The van der Waals surface area contributed by atoms with Crippen molar-refractivity contribution in [1.29, 1.82) is 0 Å². The first-order chi connectivity index (χ1) is 10.3. The van der Waals surface area contributed by atoms with Crippen LogP contribution in [0.5, 0.6) is 0 Å². The average Bonchev–Trinajstić information content (AvgIpc) is 3.12. The van der Waals surface area contributed by atoms with E-state index in [0.29, 0.717) is 19.0 Å². The molecule has 1 saturated carbocycles. The molecule has 4 N–H and O–H groups in total. The van der Waals surface area contributed by atoms with Crippen LogP contribution in [0.4, 0.5) is 0 Å². The Labute approximate surface area is 148 Å². The van der Waals surface area contributed by atoms with Gasteiger partial charge in [0.05, 0.1) is 11.0 Å². The molecule has 1 aromatic carbocycles. The lowest BCUT2D eigenvalue weighted by atomic mass is 9.95. The topological polar surface area (TPSA) is 83.8 Å². The number of imidazole rings is 1. The van der Waals surface area contributed by atoms with Gasteiger partial charge in [0, 0.05) is 18.9 Å². The highest BCUT2D eigenvalue weighted by molar-refractivity contribution is 5.85. The number of nitrogens with two attached hydrogens (primary N) is 1. The summed E-state index contributed by atoms with van der Waals surface area (Å²) in [4.78, 5) is 20.0. The third-order valence-electron chi connectivity index (χ3n) is 4.40. The third-order valence-corrected chi connectivity index (χ3v) is 4.40. The zero-order valence-electron chi connectivity index (χ0n) is 13.0. The summed E-state index contributed by atoms with van der Waals surface area (Å²) < 4.78 is 0. The zero-order valence-corrected chi connectivity index (χ0v) is 14.6. The van der Waals surface area contributed by atoms with Crippen LogP contribution in [-0.4, -0.2) is 29.0 Å². The molecule has 1 fully saturated rings. The van der Waals surface area contributed by atoms with Crippen molar-refractivity contribution in [3.05, 3.63) is 30.1 Å². The van der Waals surface area contributed by atoms with E-state index in [1.807, 2.05) is 24.3 Å². The highest BCUT2D eigenvalue weighted by Crippen LogP contribution is 2.30. The van der Waals surface area contributed by atoms with E-state index in [-0.39, 0.29) is 36.6 Å². The molecule has 0 unspecified atom stereocenters. The Bertz CT molecular complexity index is 598. The van der Waals surface area contributed by atoms with E-state index in [0.717, 1.165) is 42.5 Å². The van der Waals surface area contributed by atoms with E-state index in [9.17, 15) is 4.79 Å². The molecule has 3 rings (SSSR count). The van der Waals surface area contributed by atoms with E-state index in [2.05, 4.69) is 15.3 Å². The molecule has 7 heteroatoms. The van der Waals surface area contributed by atoms with Crippen molar-refractivity contribution in [2.45, 2.75) is 25.7 Å². The Balaban J connectivity index is 0.00000132. The molecule has 1 aromatic heterocycles. The summed E-state index contributed by atoms with van der Waals surface area (Å²) in [7, 11) is 0. The summed E-state index contributed by atoms with van der Waals surface area (Å²) in [5.74, 6) is 1.53. The number of aromatic nitrogens is 2. The number of fused-ring (bicyclic) bond motifs is 1. The Kier molecular flexibility index (Phi) is 7.82. The number of nitrogens with one attached hydrogen (secondary N) is 2. The first-order valence-corrected chi connectivity index (χ1v) is 7.69. The van der Waals surface area contributed by atoms with Crippen molar-refractivity contribution in [2.75, 3.05) is 13.1 Å². The Morgan fingerprint density at radius 3 is 2.83 bits per heavy atom. The van der Waals surface area contributed by atoms with Crippen LogP contribution in [0.15, 0.2) is 24.3 Å². The van der Waals surface area contributed by atoms with Crippen molar-refractivity contribution >= 4 is 41.8 Å². The van der Waals surface area contributed by atoms with Crippen molar-refractivity contribution in [3.63, 3.8) is 0 Å². The molecule has 0 spiro atoms. The van der Waals surface area contributed by atoms with Gasteiger partial charge in [-0.1, -0.05) is 18.6 Å². The first-order valence-electron chi connectivity index (χ1n) is 7.69. The van der Waals surface area contributed by atoms with Crippen LogP contribution in [0.2, 0.25) is 0 Å². The summed E-state index contributed by atoms with van der Waals surface area (Å²) in [6.07, 6.45) is 3.89. The van der Waals surface area contributed by atoms with Crippen molar-refractivity contribution in [2.24, 2.45) is 17.6 Å². The van der Waals surface area contributed by atoms with Gasteiger partial charge in [-0.25, -0.2) is 4.98 Å². The molecule has 1 aliphatic carbocycles. The number of nitrogens with zero attached hydrogens (tertiary/aromatic N) is 1. The zero-order chi connectivity index (χ0) is 14.7. The average molecular weight is 359 g/mol. The molecule has 0 saturated heterocycles. The second kappa shape index (κ2) is 9.11. The molecule has 1 aliphatic rings. The normalized spacial score (nSPS) is 19.9. The molecule has 0 radical (unpaired) electrons. The third kappa shape index (κ3) is 4.59. The smallest absolute Gasteiger partial charge is 0.223 e. The predicted octanol–water partition coefficient (Wildman–Crippen LogP) is 2.44. The molecule has 5 nitrogen and oxygen atoms in total. The Morgan fingerprint density at radius 1 is 1.30 bits per heavy atom. The quantitative estimate of drug-likeness (QED) is 0.767. The molecule has 0 bridgehead atoms. The monoisotopic (exact) mass is 358 g/mol. The molecular weight excluding hydrogens is 335 g/mol. The predicted molar refractivity (Wildman–Crippen MR) is 97.2 cm³/mol.